The Morgan fingerprint density at radius 1 is 0.970 bits per heavy atom. The first-order chi connectivity index (χ1) is 15.8. The molecule has 3 rings (SSSR count). The van der Waals surface area contributed by atoms with Crippen LogP contribution in [0.1, 0.15) is 35.3 Å². The monoisotopic (exact) mass is 472 g/mol. The molecule has 0 aliphatic carbocycles. The molecule has 1 N–H and O–H groups in total. The molecule has 2 aromatic rings. The second kappa shape index (κ2) is 11.7. The maximum atomic E-state index is 12.8. The van der Waals surface area contributed by atoms with Gasteiger partial charge in [-0.15, -0.1) is 0 Å². The van der Waals surface area contributed by atoms with Gasteiger partial charge in [-0.2, -0.15) is 4.31 Å². The SMILES string of the molecule is CCN(CC)S(=O)(=O)c1ccc(C)c(C(=O)NCCN2CCN(Cc3ccccc3)CC2)c1. The number of carbonyl (C=O) groups is 1. The standard InChI is InChI=1S/C25H36N4O3S/c1-4-29(5-2)33(31,32)23-12-11-21(3)24(19-23)25(30)26-13-14-27-15-17-28(18-16-27)20-22-9-7-6-8-10-22/h6-12,19H,4-5,13-18,20H2,1-3H3,(H,26,30). The molecule has 8 heteroatoms. The zero-order valence-electron chi connectivity index (χ0n) is 20.0. The molecule has 0 atom stereocenters. The topological polar surface area (TPSA) is 73.0 Å². The van der Waals surface area contributed by atoms with Crippen LogP contribution in [-0.4, -0.2) is 80.8 Å². The van der Waals surface area contributed by atoms with Crippen LogP contribution < -0.4 is 5.32 Å². The summed E-state index contributed by atoms with van der Waals surface area (Å²) in [5.74, 6) is -0.230. The lowest BCUT2D eigenvalue weighted by Gasteiger charge is -2.34. The van der Waals surface area contributed by atoms with E-state index >= 15 is 0 Å². The summed E-state index contributed by atoms with van der Waals surface area (Å²) in [4.78, 5) is 17.8. The van der Waals surface area contributed by atoms with Gasteiger partial charge in [0.1, 0.15) is 0 Å². The van der Waals surface area contributed by atoms with Crippen molar-refractivity contribution in [2.24, 2.45) is 0 Å². The van der Waals surface area contributed by atoms with E-state index in [-0.39, 0.29) is 10.8 Å². The summed E-state index contributed by atoms with van der Waals surface area (Å²) in [6.07, 6.45) is 0. The quantitative estimate of drug-likeness (QED) is 0.575. The molecule has 2 aromatic carbocycles. The maximum Gasteiger partial charge on any atom is 0.251 e. The van der Waals surface area contributed by atoms with E-state index in [2.05, 4.69) is 39.4 Å². The van der Waals surface area contributed by atoms with E-state index in [0.29, 0.717) is 25.2 Å². The fraction of sp³-hybridized carbons (Fsp3) is 0.480. The summed E-state index contributed by atoms with van der Waals surface area (Å²) < 4.78 is 27.1. The Hall–Kier alpha value is -2.26. The molecule has 1 aliphatic rings. The van der Waals surface area contributed by atoms with Crippen molar-refractivity contribution < 1.29 is 13.2 Å². The van der Waals surface area contributed by atoms with E-state index in [1.807, 2.05) is 26.8 Å². The number of rotatable bonds is 10. The smallest absolute Gasteiger partial charge is 0.251 e. The van der Waals surface area contributed by atoms with Crippen molar-refractivity contribution in [3.63, 3.8) is 0 Å². The molecule has 1 saturated heterocycles. The Morgan fingerprint density at radius 2 is 1.61 bits per heavy atom. The number of piperazine rings is 1. The fourth-order valence-corrected chi connectivity index (χ4v) is 5.64. The van der Waals surface area contributed by atoms with Gasteiger partial charge in [-0.05, 0) is 30.2 Å². The van der Waals surface area contributed by atoms with Gasteiger partial charge in [0, 0.05) is 64.5 Å². The van der Waals surface area contributed by atoms with Crippen molar-refractivity contribution in [1.29, 1.82) is 0 Å². The zero-order valence-corrected chi connectivity index (χ0v) is 20.8. The predicted molar refractivity (Wildman–Crippen MR) is 132 cm³/mol. The van der Waals surface area contributed by atoms with Crippen LogP contribution in [0.25, 0.3) is 0 Å². The van der Waals surface area contributed by atoms with Crippen LogP contribution in [-0.2, 0) is 16.6 Å². The van der Waals surface area contributed by atoms with Crippen LogP contribution in [0.5, 0.6) is 0 Å². The third-order valence-corrected chi connectivity index (χ3v) is 8.27. The van der Waals surface area contributed by atoms with Gasteiger partial charge in [0.05, 0.1) is 4.90 Å². The van der Waals surface area contributed by atoms with Gasteiger partial charge in [0.25, 0.3) is 5.91 Å². The van der Waals surface area contributed by atoms with Gasteiger partial charge in [0.15, 0.2) is 0 Å². The molecule has 0 aromatic heterocycles. The summed E-state index contributed by atoms with van der Waals surface area (Å²) >= 11 is 0. The van der Waals surface area contributed by atoms with Gasteiger partial charge in [-0.3, -0.25) is 14.6 Å². The first-order valence-electron chi connectivity index (χ1n) is 11.7. The number of nitrogens with one attached hydrogen (secondary N) is 1. The Balaban J connectivity index is 1.50. The van der Waals surface area contributed by atoms with Gasteiger partial charge in [-0.25, -0.2) is 8.42 Å². The Labute approximate surface area is 198 Å². The average molecular weight is 473 g/mol. The van der Waals surface area contributed by atoms with Crippen molar-refractivity contribution in [1.82, 2.24) is 19.4 Å². The van der Waals surface area contributed by atoms with Crippen molar-refractivity contribution in [3.05, 3.63) is 65.2 Å². The van der Waals surface area contributed by atoms with Crippen molar-refractivity contribution in [3.8, 4) is 0 Å². The van der Waals surface area contributed by atoms with Crippen LogP contribution in [0.3, 0.4) is 0 Å². The molecule has 1 aliphatic heterocycles. The summed E-state index contributed by atoms with van der Waals surface area (Å²) in [6.45, 7) is 12.5. The maximum absolute atomic E-state index is 12.8. The summed E-state index contributed by atoms with van der Waals surface area (Å²) in [7, 11) is -3.60. The second-order valence-corrected chi connectivity index (χ2v) is 10.4. The van der Waals surface area contributed by atoms with Gasteiger partial charge >= 0.3 is 0 Å². The Morgan fingerprint density at radius 3 is 2.24 bits per heavy atom. The molecular weight excluding hydrogens is 436 g/mol. The molecule has 7 nitrogen and oxygen atoms in total. The number of hydrogen-bond acceptors (Lipinski definition) is 5. The minimum atomic E-state index is -3.60. The van der Waals surface area contributed by atoms with E-state index in [1.54, 1.807) is 12.1 Å². The number of amides is 1. The van der Waals surface area contributed by atoms with Gasteiger partial charge in [-0.1, -0.05) is 50.2 Å². The molecule has 1 fully saturated rings. The van der Waals surface area contributed by atoms with E-state index in [4.69, 9.17) is 0 Å². The first kappa shape index (κ1) is 25.4. The van der Waals surface area contributed by atoms with E-state index in [0.717, 1.165) is 44.8 Å². The lowest BCUT2D eigenvalue weighted by Crippen LogP contribution is -2.48. The molecule has 0 spiro atoms. The Kier molecular flexibility index (Phi) is 9.02. The molecular formula is C25H36N4O3S. The number of benzene rings is 2. The van der Waals surface area contributed by atoms with Crippen LogP contribution in [0.2, 0.25) is 0 Å². The highest BCUT2D eigenvalue weighted by molar-refractivity contribution is 7.89. The zero-order chi connectivity index (χ0) is 23.8. The van der Waals surface area contributed by atoms with Crippen molar-refractivity contribution in [2.75, 3.05) is 52.4 Å². The predicted octanol–water partition coefficient (Wildman–Crippen LogP) is 2.57. The van der Waals surface area contributed by atoms with Gasteiger partial charge < -0.3 is 5.32 Å². The minimum Gasteiger partial charge on any atom is -0.351 e. The molecule has 0 radical (unpaired) electrons. The van der Waals surface area contributed by atoms with Crippen molar-refractivity contribution in [2.45, 2.75) is 32.2 Å². The number of hydrogen-bond donors (Lipinski definition) is 1. The highest BCUT2D eigenvalue weighted by Gasteiger charge is 2.23. The first-order valence-corrected chi connectivity index (χ1v) is 13.2. The molecule has 0 saturated carbocycles. The lowest BCUT2D eigenvalue weighted by atomic mass is 10.1. The lowest BCUT2D eigenvalue weighted by molar-refractivity contribution is 0.0933. The normalized spacial score (nSPS) is 15.6. The second-order valence-electron chi connectivity index (χ2n) is 8.43. The van der Waals surface area contributed by atoms with Crippen LogP contribution in [0, 0.1) is 6.92 Å². The minimum absolute atomic E-state index is 0.163. The fourth-order valence-electron chi connectivity index (χ4n) is 4.15. The highest BCUT2D eigenvalue weighted by atomic mass is 32.2. The molecule has 180 valence electrons. The molecule has 1 amide bonds. The van der Waals surface area contributed by atoms with Crippen LogP contribution in [0.4, 0.5) is 0 Å². The highest BCUT2D eigenvalue weighted by Crippen LogP contribution is 2.19. The third kappa shape index (κ3) is 6.63. The third-order valence-electron chi connectivity index (χ3n) is 6.22. The molecule has 0 bridgehead atoms. The average Bonchev–Trinajstić information content (AvgIpc) is 2.81. The Bertz CT molecular complexity index is 1020. The van der Waals surface area contributed by atoms with E-state index in [9.17, 15) is 13.2 Å². The molecule has 1 heterocycles. The molecule has 33 heavy (non-hydrogen) atoms. The van der Waals surface area contributed by atoms with Crippen LogP contribution >= 0.6 is 0 Å². The summed E-state index contributed by atoms with van der Waals surface area (Å²) in [5, 5.41) is 2.97. The van der Waals surface area contributed by atoms with E-state index in [1.165, 1.54) is 15.9 Å². The van der Waals surface area contributed by atoms with Gasteiger partial charge in [0.2, 0.25) is 10.0 Å². The number of sulfonamides is 1. The summed E-state index contributed by atoms with van der Waals surface area (Å²) in [5.41, 5.74) is 2.51. The number of carbonyl (C=O) groups excluding carboxylic acids is 1. The van der Waals surface area contributed by atoms with Crippen LogP contribution in [0.15, 0.2) is 53.4 Å². The van der Waals surface area contributed by atoms with E-state index < -0.39 is 10.0 Å². The largest absolute Gasteiger partial charge is 0.351 e. The molecule has 0 unspecified atom stereocenters. The number of nitrogens with zero attached hydrogens (tertiary/aromatic N) is 3. The summed E-state index contributed by atoms with van der Waals surface area (Å²) in [6, 6.07) is 15.3. The van der Waals surface area contributed by atoms with Crippen molar-refractivity contribution >= 4 is 15.9 Å². The number of aryl methyl sites for hydroxylation is 1.